The Labute approximate surface area is 72.4 Å². The Kier molecular flexibility index (Phi) is 3.11. The van der Waals surface area contributed by atoms with Crippen LogP contribution in [0.5, 0.6) is 0 Å². The van der Waals surface area contributed by atoms with Crippen LogP contribution in [-0.2, 0) is 0 Å². The zero-order valence-corrected chi connectivity index (χ0v) is 6.88. The van der Waals surface area contributed by atoms with Gasteiger partial charge in [-0.1, -0.05) is 12.2 Å². The van der Waals surface area contributed by atoms with Gasteiger partial charge < -0.3 is 0 Å². The smallest absolute Gasteiger partial charge is 0.128 e. The van der Waals surface area contributed by atoms with Crippen molar-refractivity contribution in [1.29, 1.82) is 10.5 Å². The summed E-state index contributed by atoms with van der Waals surface area (Å²) in [5, 5.41) is 17.2. The molecule has 2 nitrogen and oxygen atoms in total. The molecule has 0 aromatic heterocycles. The summed E-state index contributed by atoms with van der Waals surface area (Å²) in [6.07, 6.45) is 7.88. The zero-order valence-electron chi connectivity index (χ0n) is 6.88. The maximum absolute atomic E-state index is 8.62. The van der Waals surface area contributed by atoms with E-state index in [9.17, 15) is 0 Å². The Hall–Kier alpha value is -1.54. The Morgan fingerprint density at radius 3 is 2.00 bits per heavy atom. The van der Waals surface area contributed by atoms with Crippen molar-refractivity contribution < 1.29 is 0 Å². The van der Waals surface area contributed by atoms with E-state index in [-0.39, 0.29) is 0 Å². The van der Waals surface area contributed by atoms with Gasteiger partial charge in [0.1, 0.15) is 17.7 Å². The van der Waals surface area contributed by atoms with Crippen molar-refractivity contribution in [2.24, 2.45) is 0 Å². The van der Waals surface area contributed by atoms with Gasteiger partial charge in [0.15, 0.2) is 0 Å². The van der Waals surface area contributed by atoms with Crippen molar-refractivity contribution in [2.45, 2.75) is 25.7 Å². The highest BCUT2D eigenvalue weighted by Crippen LogP contribution is 2.20. The number of allylic oxidation sites excluding steroid dienone is 4. The fraction of sp³-hybridized carbons (Fsp3) is 0.400. The van der Waals surface area contributed by atoms with Crippen molar-refractivity contribution in [3.05, 3.63) is 23.3 Å². The van der Waals surface area contributed by atoms with Gasteiger partial charge in [-0.3, -0.25) is 0 Å². The fourth-order valence-electron chi connectivity index (χ4n) is 1.31. The second kappa shape index (κ2) is 4.36. The lowest BCUT2D eigenvalue weighted by Gasteiger charge is -2.00. The van der Waals surface area contributed by atoms with Gasteiger partial charge in [-0.05, 0) is 31.3 Å². The van der Waals surface area contributed by atoms with Gasteiger partial charge >= 0.3 is 0 Å². The summed E-state index contributed by atoms with van der Waals surface area (Å²) in [5.74, 6) is 0. The lowest BCUT2D eigenvalue weighted by molar-refractivity contribution is 0.892. The molecule has 0 aromatic rings. The second-order valence-electron chi connectivity index (χ2n) is 2.75. The third kappa shape index (κ3) is 1.97. The standard InChI is InChI=1S/C10H10N2/c11-7-10(8-12)9-5-3-1-2-4-6-9/h1-2H,3-6H2. The topological polar surface area (TPSA) is 47.6 Å². The summed E-state index contributed by atoms with van der Waals surface area (Å²) in [5.41, 5.74) is 1.34. The molecular weight excluding hydrogens is 148 g/mol. The maximum Gasteiger partial charge on any atom is 0.128 e. The molecule has 1 aliphatic carbocycles. The van der Waals surface area contributed by atoms with E-state index >= 15 is 0 Å². The van der Waals surface area contributed by atoms with Crippen LogP contribution in [-0.4, -0.2) is 0 Å². The monoisotopic (exact) mass is 158 g/mol. The second-order valence-corrected chi connectivity index (χ2v) is 2.75. The predicted octanol–water partition coefficient (Wildman–Crippen LogP) is 2.46. The van der Waals surface area contributed by atoms with Crippen LogP contribution in [0.15, 0.2) is 23.3 Å². The molecule has 0 amide bonds. The normalized spacial score (nSPS) is 16.0. The van der Waals surface area contributed by atoms with E-state index < -0.39 is 0 Å². The molecule has 12 heavy (non-hydrogen) atoms. The Morgan fingerprint density at radius 2 is 1.58 bits per heavy atom. The molecule has 0 N–H and O–H groups in total. The van der Waals surface area contributed by atoms with Crippen LogP contribution in [0.2, 0.25) is 0 Å². The minimum atomic E-state index is 0.318. The highest BCUT2D eigenvalue weighted by molar-refractivity contribution is 5.40. The number of hydrogen-bond donors (Lipinski definition) is 0. The van der Waals surface area contributed by atoms with Crippen molar-refractivity contribution >= 4 is 0 Å². The first kappa shape index (κ1) is 8.56. The Bertz CT molecular complexity index is 269. The molecule has 0 fully saturated rings. The van der Waals surface area contributed by atoms with Gasteiger partial charge in [0.05, 0.1) is 0 Å². The molecule has 0 aromatic carbocycles. The molecule has 0 saturated carbocycles. The van der Waals surface area contributed by atoms with Gasteiger partial charge in [0.25, 0.3) is 0 Å². The average Bonchev–Trinajstić information content (AvgIpc) is 2.35. The van der Waals surface area contributed by atoms with Crippen LogP contribution in [0.25, 0.3) is 0 Å². The van der Waals surface area contributed by atoms with E-state index in [1.54, 1.807) is 0 Å². The van der Waals surface area contributed by atoms with Crippen LogP contribution in [0.1, 0.15) is 25.7 Å². The average molecular weight is 158 g/mol. The quantitative estimate of drug-likeness (QED) is 0.401. The molecule has 0 bridgehead atoms. The predicted molar refractivity (Wildman–Crippen MR) is 45.9 cm³/mol. The highest BCUT2D eigenvalue weighted by Gasteiger charge is 2.06. The van der Waals surface area contributed by atoms with E-state index in [0.717, 1.165) is 31.3 Å². The van der Waals surface area contributed by atoms with Crippen molar-refractivity contribution in [3.63, 3.8) is 0 Å². The lowest BCUT2D eigenvalue weighted by atomic mass is 10.0. The van der Waals surface area contributed by atoms with Crippen molar-refractivity contribution in [3.8, 4) is 12.1 Å². The minimum absolute atomic E-state index is 0.318. The number of rotatable bonds is 0. The van der Waals surface area contributed by atoms with Crippen LogP contribution < -0.4 is 0 Å². The summed E-state index contributed by atoms with van der Waals surface area (Å²) in [4.78, 5) is 0. The molecule has 0 heterocycles. The first-order valence-electron chi connectivity index (χ1n) is 4.05. The van der Waals surface area contributed by atoms with Crippen LogP contribution in [0.4, 0.5) is 0 Å². The molecule has 2 heteroatoms. The summed E-state index contributed by atoms with van der Waals surface area (Å²) in [6, 6.07) is 3.88. The largest absolute Gasteiger partial charge is 0.192 e. The Balaban J connectivity index is 2.82. The molecule has 0 aliphatic heterocycles. The molecule has 1 rings (SSSR count). The summed E-state index contributed by atoms with van der Waals surface area (Å²) in [7, 11) is 0. The molecule has 0 atom stereocenters. The van der Waals surface area contributed by atoms with Gasteiger partial charge in [-0.2, -0.15) is 10.5 Å². The van der Waals surface area contributed by atoms with E-state index in [1.807, 2.05) is 12.1 Å². The van der Waals surface area contributed by atoms with E-state index in [4.69, 9.17) is 10.5 Å². The van der Waals surface area contributed by atoms with E-state index in [2.05, 4.69) is 12.2 Å². The molecule has 0 radical (unpaired) electrons. The molecule has 0 saturated heterocycles. The summed E-state index contributed by atoms with van der Waals surface area (Å²) < 4.78 is 0. The van der Waals surface area contributed by atoms with Crippen LogP contribution in [0, 0.1) is 22.7 Å². The number of hydrogen-bond acceptors (Lipinski definition) is 2. The van der Waals surface area contributed by atoms with Gasteiger partial charge in [-0.25, -0.2) is 0 Å². The molecule has 1 aliphatic rings. The van der Waals surface area contributed by atoms with Crippen LogP contribution in [0.3, 0.4) is 0 Å². The molecule has 60 valence electrons. The van der Waals surface area contributed by atoms with E-state index in [1.165, 1.54) is 0 Å². The van der Waals surface area contributed by atoms with Crippen molar-refractivity contribution in [2.75, 3.05) is 0 Å². The molecule has 0 unspecified atom stereocenters. The van der Waals surface area contributed by atoms with Gasteiger partial charge in [-0.15, -0.1) is 0 Å². The summed E-state index contributed by atoms with van der Waals surface area (Å²) in [6.45, 7) is 0. The SMILES string of the molecule is N#CC(C#N)=C1CCC=CCC1. The first-order chi connectivity index (χ1) is 5.88. The summed E-state index contributed by atoms with van der Waals surface area (Å²) >= 11 is 0. The zero-order chi connectivity index (χ0) is 8.81. The first-order valence-corrected chi connectivity index (χ1v) is 4.05. The highest BCUT2D eigenvalue weighted by atomic mass is 14.3. The van der Waals surface area contributed by atoms with Gasteiger partial charge in [0, 0.05) is 0 Å². The third-order valence-electron chi connectivity index (χ3n) is 1.97. The number of nitrogens with zero attached hydrogens (tertiary/aromatic N) is 2. The molecule has 0 spiro atoms. The fourth-order valence-corrected chi connectivity index (χ4v) is 1.31. The minimum Gasteiger partial charge on any atom is -0.192 e. The maximum atomic E-state index is 8.62. The number of nitriles is 2. The lowest BCUT2D eigenvalue weighted by Crippen LogP contribution is -1.87. The van der Waals surface area contributed by atoms with E-state index in [0.29, 0.717) is 5.57 Å². The third-order valence-corrected chi connectivity index (χ3v) is 1.97. The molecular formula is C10H10N2. The van der Waals surface area contributed by atoms with Crippen molar-refractivity contribution in [1.82, 2.24) is 0 Å². The Morgan fingerprint density at radius 1 is 1.08 bits per heavy atom. The van der Waals surface area contributed by atoms with Crippen LogP contribution >= 0.6 is 0 Å². The van der Waals surface area contributed by atoms with Gasteiger partial charge in [0.2, 0.25) is 0 Å².